The molecule has 0 amide bonds. The summed E-state index contributed by atoms with van der Waals surface area (Å²) in [6.07, 6.45) is 3.34. The molecule has 0 aromatic rings. The minimum Gasteiger partial charge on any atom is -0.481 e. The van der Waals surface area contributed by atoms with E-state index in [0.717, 1.165) is 5.57 Å². The van der Waals surface area contributed by atoms with Crippen molar-refractivity contribution in [2.24, 2.45) is 0 Å². The van der Waals surface area contributed by atoms with E-state index in [-0.39, 0.29) is 5.95 Å². The predicted octanol–water partition coefficient (Wildman–Crippen LogP) is 2.39. The Labute approximate surface area is 61.8 Å². The monoisotopic (exact) mass is 142 g/mol. The van der Waals surface area contributed by atoms with Crippen LogP contribution in [0, 0.1) is 0 Å². The van der Waals surface area contributed by atoms with Gasteiger partial charge in [-0.25, -0.2) is 0 Å². The Bertz CT molecular complexity index is 141. The summed E-state index contributed by atoms with van der Waals surface area (Å²) in [7, 11) is 0. The van der Waals surface area contributed by atoms with Crippen molar-refractivity contribution in [3.8, 4) is 0 Å². The van der Waals surface area contributed by atoms with E-state index in [1.165, 1.54) is 0 Å². The summed E-state index contributed by atoms with van der Waals surface area (Å²) in [6, 6.07) is 0. The molecule has 0 aromatic carbocycles. The molecule has 0 saturated carbocycles. The van der Waals surface area contributed by atoms with Gasteiger partial charge in [-0.2, -0.15) is 0 Å². The first kappa shape index (κ1) is 9.08. The van der Waals surface area contributed by atoms with Crippen LogP contribution in [0.1, 0.15) is 20.8 Å². The molecule has 0 heterocycles. The molecule has 1 N–H and O–H groups in total. The maximum absolute atomic E-state index is 8.89. The molecule has 0 saturated heterocycles. The van der Waals surface area contributed by atoms with Gasteiger partial charge in [0, 0.05) is 6.08 Å². The normalized spacial score (nSPS) is 10.9. The summed E-state index contributed by atoms with van der Waals surface area (Å²) in [6.45, 7) is 6.23. The van der Waals surface area contributed by atoms with Gasteiger partial charge in [0.15, 0.2) is 0 Å². The van der Waals surface area contributed by atoms with Gasteiger partial charge in [-0.1, -0.05) is 11.6 Å². The molecule has 0 aliphatic heterocycles. The predicted molar refractivity (Wildman–Crippen MR) is 41.8 cm³/mol. The summed E-state index contributed by atoms with van der Waals surface area (Å²) in [5, 5.41) is 8.89. The van der Waals surface area contributed by atoms with Crippen molar-refractivity contribution >= 4 is 0 Å². The van der Waals surface area contributed by atoms with Crippen LogP contribution in [-0.2, 0) is 4.74 Å². The summed E-state index contributed by atoms with van der Waals surface area (Å²) in [5.41, 5.74) is 1.13. The SMILES string of the molecule is CCO/C(O)=C/C=C(C)C. The third-order valence-electron chi connectivity index (χ3n) is 0.851. The van der Waals surface area contributed by atoms with Crippen LogP contribution in [0.4, 0.5) is 0 Å². The van der Waals surface area contributed by atoms with Crippen molar-refractivity contribution in [3.63, 3.8) is 0 Å². The zero-order valence-electron chi connectivity index (χ0n) is 6.72. The van der Waals surface area contributed by atoms with E-state index in [4.69, 9.17) is 9.84 Å². The van der Waals surface area contributed by atoms with Crippen molar-refractivity contribution < 1.29 is 9.84 Å². The molecule has 2 nitrogen and oxygen atoms in total. The zero-order valence-corrected chi connectivity index (χ0v) is 6.72. The Hall–Kier alpha value is -0.920. The Kier molecular flexibility index (Phi) is 4.46. The number of allylic oxidation sites excluding steroid dienone is 3. The fourth-order valence-electron chi connectivity index (χ4n) is 0.434. The summed E-state index contributed by atoms with van der Waals surface area (Å²) in [4.78, 5) is 0. The van der Waals surface area contributed by atoms with Crippen LogP contribution in [0.2, 0.25) is 0 Å². The van der Waals surface area contributed by atoms with Crippen molar-refractivity contribution in [2.45, 2.75) is 20.8 Å². The topological polar surface area (TPSA) is 29.5 Å². The van der Waals surface area contributed by atoms with Gasteiger partial charge in [0.2, 0.25) is 0 Å². The van der Waals surface area contributed by atoms with Gasteiger partial charge in [-0.3, -0.25) is 0 Å². The lowest BCUT2D eigenvalue weighted by Gasteiger charge is -1.97. The fourth-order valence-corrected chi connectivity index (χ4v) is 0.434. The molecule has 0 fully saturated rings. The first-order valence-electron chi connectivity index (χ1n) is 3.33. The van der Waals surface area contributed by atoms with Crippen LogP contribution >= 0.6 is 0 Å². The summed E-state index contributed by atoms with van der Waals surface area (Å²) < 4.78 is 4.76. The van der Waals surface area contributed by atoms with Crippen molar-refractivity contribution in [2.75, 3.05) is 6.61 Å². The lowest BCUT2D eigenvalue weighted by Crippen LogP contribution is -1.88. The average Bonchev–Trinajstić information content (AvgIpc) is 1.85. The first-order valence-corrected chi connectivity index (χ1v) is 3.33. The van der Waals surface area contributed by atoms with Crippen LogP contribution in [0.15, 0.2) is 23.7 Å². The first-order chi connectivity index (χ1) is 4.66. The summed E-state index contributed by atoms with van der Waals surface area (Å²) >= 11 is 0. The molecule has 2 heteroatoms. The Balaban J connectivity index is 3.79. The van der Waals surface area contributed by atoms with Gasteiger partial charge in [0.1, 0.15) is 0 Å². The highest BCUT2D eigenvalue weighted by Gasteiger charge is 1.85. The number of aliphatic hydroxyl groups excluding tert-OH is 1. The number of ether oxygens (including phenoxy) is 1. The highest BCUT2D eigenvalue weighted by molar-refractivity contribution is 5.08. The van der Waals surface area contributed by atoms with Crippen LogP contribution in [0.3, 0.4) is 0 Å². The molecule has 0 spiro atoms. The van der Waals surface area contributed by atoms with Crippen molar-refractivity contribution in [3.05, 3.63) is 23.7 Å². The standard InChI is InChI=1S/C8H14O2/c1-4-10-8(9)6-5-7(2)3/h5-6,9H,4H2,1-3H3/b8-6+. The van der Waals surface area contributed by atoms with Crippen molar-refractivity contribution in [1.82, 2.24) is 0 Å². The molecular weight excluding hydrogens is 128 g/mol. The van der Waals surface area contributed by atoms with Crippen LogP contribution in [0.5, 0.6) is 0 Å². The largest absolute Gasteiger partial charge is 0.481 e. The van der Waals surface area contributed by atoms with E-state index in [1.807, 2.05) is 20.8 Å². The van der Waals surface area contributed by atoms with E-state index in [1.54, 1.807) is 12.2 Å². The number of hydrogen-bond donors (Lipinski definition) is 1. The van der Waals surface area contributed by atoms with Gasteiger partial charge >= 0.3 is 0 Å². The molecule has 0 bridgehead atoms. The quantitative estimate of drug-likeness (QED) is 0.484. The number of hydrogen-bond acceptors (Lipinski definition) is 2. The van der Waals surface area contributed by atoms with Gasteiger partial charge in [-0.15, -0.1) is 0 Å². The molecule has 58 valence electrons. The molecule has 0 aliphatic rings. The minimum absolute atomic E-state index is 0.0244. The lowest BCUT2D eigenvalue weighted by molar-refractivity contribution is 0.103. The van der Waals surface area contributed by atoms with E-state index >= 15 is 0 Å². The Morgan fingerprint density at radius 1 is 1.40 bits per heavy atom. The van der Waals surface area contributed by atoms with E-state index in [9.17, 15) is 0 Å². The van der Waals surface area contributed by atoms with E-state index in [0.29, 0.717) is 6.61 Å². The second-order valence-corrected chi connectivity index (χ2v) is 2.18. The maximum Gasteiger partial charge on any atom is 0.276 e. The van der Waals surface area contributed by atoms with Crippen LogP contribution in [0.25, 0.3) is 0 Å². The molecule has 0 rings (SSSR count). The molecule has 0 unspecified atom stereocenters. The number of rotatable bonds is 3. The van der Waals surface area contributed by atoms with Gasteiger partial charge in [-0.05, 0) is 20.8 Å². The third kappa shape index (κ3) is 5.22. The number of aliphatic hydroxyl groups is 1. The highest BCUT2D eigenvalue weighted by Crippen LogP contribution is 1.95. The second-order valence-electron chi connectivity index (χ2n) is 2.18. The Morgan fingerprint density at radius 3 is 2.40 bits per heavy atom. The van der Waals surface area contributed by atoms with Crippen molar-refractivity contribution in [1.29, 1.82) is 0 Å². The smallest absolute Gasteiger partial charge is 0.276 e. The zero-order chi connectivity index (χ0) is 7.98. The Morgan fingerprint density at radius 2 is 2.00 bits per heavy atom. The highest BCUT2D eigenvalue weighted by atomic mass is 16.6. The summed E-state index contributed by atoms with van der Waals surface area (Å²) in [5.74, 6) is -0.0244. The molecular formula is C8H14O2. The van der Waals surface area contributed by atoms with Gasteiger partial charge in [0.25, 0.3) is 5.95 Å². The molecule has 10 heavy (non-hydrogen) atoms. The van der Waals surface area contributed by atoms with Crippen LogP contribution in [-0.4, -0.2) is 11.7 Å². The van der Waals surface area contributed by atoms with Crippen LogP contribution < -0.4 is 0 Å². The molecule has 0 radical (unpaired) electrons. The minimum atomic E-state index is -0.0244. The molecule has 0 aliphatic carbocycles. The van der Waals surface area contributed by atoms with Gasteiger partial charge in [0.05, 0.1) is 6.61 Å². The van der Waals surface area contributed by atoms with Gasteiger partial charge < -0.3 is 9.84 Å². The fraction of sp³-hybridized carbons (Fsp3) is 0.500. The third-order valence-corrected chi connectivity index (χ3v) is 0.851. The second kappa shape index (κ2) is 4.91. The molecule has 0 aromatic heterocycles. The maximum atomic E-state index is 8.89. The molecule has 0 atom stereocenters. The van der Waals surface area contributed by atoms with E-state index < -0.39 is 0 Å². The van der Waals surface area contributed by atoms with E-state index in [2.05, 4.69) is 0 Å². The lowest BCUT2D eigenvalue weighted by atomic mass is 10.3. The average molecular weight is 142 g/mol.